The van der Waals surface area contributed by atoms with Gasteiger partial charge in [-0.25, -0.2) is 0 Å². The lowest BCUT2D eigenvalue weighted by atomic mass is 9.97. The molecule has 0 fully saturated rings. The molecule has 0 bridgehead atoms. The fourth-order valence-corrected chi connectivity index (χ4v) is 8.37. The summed E-state index contributed by atoms with van der Waals surface area (Å²) in [6, 6.07) is 72.2. The largest absolute Gasteiger partial charge is 0.453 e. The molecule has 0 radical (unpaired) electrons. The van der Waals surface area contributed by atoms with Gasteiger partial charge in [0.05, 0.1) is 5.69 Å². The second-order valence-corrected chi connectivity index (χ2v) is 14.1. The molecular weight excluding hydrogens is 655 g/mol. The molecular formula is C52H33NO. The van der Waals surface area contributed by atoms with Gasteiger partial charge in [-0.2, -0.15) is 0 Å². The quantitative estimate of drug-likeness (QED) is 0.168. The highest BCUT2D eigenvalue weighted by molar-refractivity contribution is 6.17. The summed E-state index contributed by atoms with van der Waals surface area (Å²) in [6.45, 7) is 0. The summed E-state index contributed by atoms with van der Waals surface area (Å²) in [7, 11) is 0. The zero-order valence-corrected chi connectivity index (χ0v) is 29.4. The van der Waals surface area contributed by atoms with E-state index in [9.17, 15) is 0 Å². The van der Waals surface area contributed by atoms with Crippen LogP contribution in [0.25, 0.3) is 87.3 Å². The van der Waals surface area contributed by atoms with Gasteiger partial charge in [-0.05, 0) is 102 Å². The first-order valence-electron chi connectivity index (χ1n) is 18.5. The van der Waals surface area contributed by atoms with Crippen LogP contribution in [0.5, 0.6) is 0 Å². The van der Waals surface area contributed by atoms with Gasteiger partial charge < -0.3 is 9.32 Å². The lowest BCUT2D eigenvalue weighted by molar-refractivity contribution is 0.673. The highest BCUT2D eigenvalue weighted by Crippen LogP contribution is 2.44. The SMILES string of the molecule is c1ccc2c(-c3ccc(N(c4ccc(-c5ccc6ccc7ccccc7c6c5)cc4)c4cccc5c4oc4c6ccccc6ccc54)cc3)cccc2c1. The van der Waals surface area contributed by atoms with Crippen LogP contribution in [0, 0.1) is 0 Å². The lowest BCUT2D eigenvalue weighted by Gasteiger charge is -2.26. The van der Waals surface area contributed by atoms with Gasteiger partial charge in [0.15, 0.2) is 5.58 Å². The van der Waals surface area contributed by atoms with E-state index in [-0.39, 0.29) is 0 Å². The Labute approximate surface area is 312 Å². The van der Waals surface area contributed by atoms with E-state index in [1.54, 1.807) is 0 Å². The minimum Gasteiger partial charge on any atom is -0.453 e. The normalized spacial score (nSPS) is 11.7. The summed E-state index contributed by atoms with van der Waals surface area (Å²) >= 11 is 0. The van der Waals surface area contributed by atoms with E-state index in [0.717, 1.165) is 44.4 Å². The van der Waals surface area contributed by atoms with E-state index < -0.39 is 0 Å². The van der Waals surface area contributed by atoms with E-state index in [4.69, 9.17) is 4.42 Å². The molecule has 10 aromatic carbocycles. The molecule has 1 heterocycles. The van der Waals surface area contributed by atoms with Crippen molar-refractivity contribution >= 4 is 82.1 Å². The molecule has 11 rings (SSSR count). The molecule has 0 aliphatic carbocycles. The van der Waals surface area contributed by atoms with Crippen molar-refractivity contribution < 1.29 is 4.42 Å². The van der Waals surface area contributed by atoms with Crippen molar-refractivity contribution in [1.82, 2.24) is 0 Å². The van der Waals surface area contributed by atoms with Crippen molar-refractivity contribution in [3.63, 3.8) is 0 Å². The summed E-state index contributed by atoms with van der Waals surface area (Å²) < 4.78 is 6.89. The maximum atomic E-state index is 6.89. The van der Waals surface area contributed by atoms with Crippen molar-refractivity contribution in [2.45, 2.75) is 0 Å². The van der Waals surface area contributed by atoms with Crippen LogP contribution >= 0.6 is 0 Å². The molecule has 11 aromatic rings. The molecule has 0 N–H and O–H groups in total. The van der Waals surface area contributed by atoms with Crippen LogP contribution in [0.3, 0.4) is 0 Å². The van der Waals surface area contributed by atoms with Crippen LogP contribution in [0.2, 0.25) is 0 Å². The van der Waals surface area contributed by atoms with Crippen molar-refractivity contribution in [2.24, 2.45) is 0 Å². The predicted molar refractivity (Wildman–Crippen MR) is 229 cm³/mol. The van der Waals surface area contributed by atoms with Crippen LogP contribution in [-0.2, 0) is 0 Å². The maximum Gasteiger partial charge on any atom is 0.159 e. The summed E-state index contributed by atoms with van der Waals surface area (Å²) in [5, 5.41) is 12.1. The van der Waals surface area contributed by atoms with Gasteiger partial charge in [-0.1, -0.05) is 158 Å². The Kier molecular flexibility index (Phi) is 6.90. The maximum absolute atomic E-state index is 6.89. The van der Waals surface area contributed by atoms with E-state index in [0.29, 0.717) is 0 Å². The summed E-state index contributed by atoms with van der Waals surface area (Å²) in [5.41, 5.74) is 9.68. The molecule has 2 heteroatoms. The van der Waals surface area contributed by atoms with Gasteiger partial charge in [0.25, 0.3) is 0 Å². The number of fused-ring (bicyclic) bond motifs is 9. The van der Waals surface area contributed by atoms with Crippen molar-refractivity contribution in [3.8, 4) is 22.3 Å². The molecule has 54 heavy (non-hydrogen) atoms. The first kappa shape index (κ1) is 30.5. The van der Waals surface area contributed by atoms with E-state index in [2.05, 4.69) is 205 Å². The van der Waals surface area contributed by atoms with Crippen LogP contribution in [0.15, 0.2) is 205 Å². The van der Waals surface area contributed by atoms with Gasteiger partial charge in [0.2, 0.25) is 0 Å². The molecule has 0 aliphatic heterocycles. The number of nitrogens with zero attached hydrogens (tertiary/aromatic N) is 1. The second kappa shape index (κ2) is 12.2. The number of benzene rings is 10. The fraction of sp³-hybridized carbons (Fsp3) is 0. The van der Waals surface area contributed by atoms with Crippen LogP contribution in [0.4, 0.5) is 17.1 Å². The Morgan fingerprint density at radius 2 is 0.796 bits per heavy atom. The fourth-order valence-electron chi connectivity index (χ4n) is 8.37. The number of para-hydroxylation sites is 1. The van der Waals surface area contributed by atoms with Gasteiger partial charge in [-0.3, -0.25) is 0 Å². The molecule has 1 aromatic heterocycles. The van der Waals surface area contributed by atoms with Crippen molar-refractivity contribution in [3.05, 3.63) is 200 Å². The highest BCUT2D eigenvalue weighted by atomic mass is 16.3. The first-order chi connectivity index (χ1) is 26.8. The minimum absolute atomic E-state index is 0.868. The summed E-state index contributed by atoms with van der Waals surface area (Å²) in [6.07, 6.45) is 0. The van der Waals surface area contributed by atoms with Gasteiger partial charge >= 0.3 is 0 Å². The van der Waals surface area contributed by atoms with Crippen LogP contribution in [0.1, 0.15) is 0 Å². The number of anilines is 3. The zero-order chi connectivity index (χ0) is 35.6. The first-order valence-corrected chi connectivity index (χ1v) is 18.5. The molecule has 0 saturated carbocycles. The molecule has 0 aliphatic rings. The summed E-state index contributed by atoms with van der Waals surface area (Å²) in [5.74, 6) is 0. The van der Waals surface area contributed by atoms with Crippen LogP contribution in [-0.4, -0.2) is 0 Å². The van der Waals surface area contributed by atoms with Gasteiger partial charge in [0.1, 0.15) is 5.58 Å². The topological polar surface area (TPSA) is 16.4 Å². The average Bonchev–Trinajstić information content (AvgIpc) is 3.64. The van der Waals surface area contributed by atoms with E-state index in [1.807, 2.05) is 0 Å². The Morgan fingerprint density at radius 3 is 1.56 bits per heavy atom. The number of hydrogen-bond acceptors (Lipinski definition) is 2. The van der Waals surface area contributed by atoms with Crippen molar-refractivity contribution in [2.75, 3.05) is 4.90 Å². The molecule has 252 valence electrons. The Bertz CT molecular complexity index is 3200. The Balaban J connectivity index is 1.07. The van der Waals surface area contributed by atoms with Crippen LogP contribution < -0.4 is 4.90 Å². The Hall–Kier alpha value is -7.16. The second-order valence-electron chi connectivity index (χ2n) is 14.1. The molecule has 0 saturated heterocycles. The van der Waals surface area contributed by atoms with Gasteiger partial charge in [0, 0.05) is 27.5 Å². The lowest BCUT2D eigenvalue weighted by Crippen LogP contribution is -2.10. The van der Waals surface area contributed by atoms with E-state index >= 15 is 0 Å². The Morgan fingerprint density at radius 1 is 0.296 bits per heavy atom. The smallest absolute Gasteiger partial charge is 0.159 e. The standard InChI is InChI=1S/C52H33NO/c1-4-13-43-35(9-1)12-7-16-44(43)38-25-30-42(31-26-38)53(50-18-8-17-47-48-32-27-37-11-3-6-15-46(37)51(48)54-52(47)50)41-28-23-34(24-29-41)40-22-21-39-20-19-36-10-2-5-14-45(36)49(39)33-40/h1-33H. The van der Waals surface area contributed by atoms with Gasteiger partial charge in [-0.15, -0.1) is 0 Å². The van der Waals surface area contributed by atoms with Crippen molar-refractivity contribution in [1.29, 1.82) is 0 Å². The minimum atomic E-state index is 0.868. The third kappa shape index (κ3) is 4.88. The zero-order valence-electron chi connectivity index (χ0n) is 29.4. The third-order valence-electron chi connectivity index (χ3n) is 11.0. The molecule has 0 unspecified atom stereocenters. The molecule has 0 atom stereocenters. The molecule has 2 nitrogen and oxygen atoms in total. The average molecular weight is 688 g/mol. The molecule has 0 spiro atoms. The third-order valence-corrected chi connectivity index (χ3v) is 11.0. The van der Waals surface area contributed by atoms with E-state index in [1.165, 1.54) is 60.0 Å². The number of rotatable bonds is 5. The predicted octanol–water partition coefficient (Wildman–Crippen LogP) is 15.0. The molecule has 0 amide bonds. The number of hydrogen-bond donors (Lipinski definition) is 0. The highest BCUT2D eigenvalue weighted by Gasteiger charge is 2.20. The monoisotopic (exact) mass is 687 g/mol. The number of furan rings is 1. The summed E-state index contributed by atoms with van der Waals surface area (Å²) in [4.78, 5) is 2.33.